The Morgan fingerprint density at radius 2 is 2.00 bits per heavy atom. The molecular formula is C12H21N3O2. The monoisotopic (exact) mass is 239 g/mol. The Hall–Kier alpha value is -1.36. The number of hydrogen-bond acceptors (Lipinski definition) is 3. The number of aromatic nitrogens is 2. The second-order valence-corrected chi connectivity index (χ2v) is 5.12. The number of aryl methyl sites for hydroxylation is 2. The summed E-state index contributed by atoms with van der Waals surface area (Å²) in [6.45, 7) is 9.59. The summed E-state index contributed by atoms with van der Waals surface area (Å²) >= 11 is 0. The van der Waals surface area contributed by atoms with E-state index in [1.54, 1.807) is 4.68 Å². The maximum Gasteiger partial charge on any atom is 0.250 e. The zero-order chi connectivity index (χ0) is 13.2. The molecule has 0 aliphatic carbocycles. The molecule has 0 aliphatic heterocycles. The molecule has 1 N–H and O–H groups in total. The number of nitrogens with one attached hydrogen (secondary N) is 1. The van der Waals surface area contributed by atoms with Crippen LogP contribution in [0.4, 0.5) is 5.69 Å². The fourth-order valence-corrected chi connectivity index (χ4v) is 1.41. The number of ether oxygens (including phenoxy) is 1. The normalized spacial score (nSPS) is 11.6. The topological polar surface area (TPSA) is 56.2 Å². The van der Waals surface area contributed by atoms with Gasteiger partial charge < -0.3 is 10.1 Å². The Labute approximate surface area is 102 Å². The van der Waals surface area contributed by atoms with E-state index in [4.69, 9.17) is 4.74 Å². The van der Waals surface area contributed by atoms with E-state index in [0.717, 1.165) is 17.1 Å². The van der Waals surface area contributed by atoms with Crippen molar-refractivity contribution in [2.24, 2.45) is 7.05 Å². The molecule has 0 unspecified atom stereocenters. The standard InChI is InChI=1S/C12H21N3O2/c1-8-11(9(2)15(6)14-8)13-10(16)7-17-12(3,4)5/h7H2,1-6H3,(H,13,16). The lowest BCUT2D eigenvalue weighted by Crippen LogP contribution is -2.27. The van der Waals surface area contributed by atoms with Crippen LogP contribution in [0.3, 0.4) is 0 Å². The summed E-state index contributed by atoms with van der Waals surface area (Å²) in [5.41, 5.74) is 2.21. The van der Waals surface area contributed by atoms with Crippen LogP contribution in [-0.2, 0) is 16.6 Å². The number of carbonyl (C=O) groups is 1. The van der Waals surface area contributed by atoms with Crippen molar-refractivity contribution in [2.45, 2.75) is 40.2 Å². The molecule has 1 heterocycles. The first-order valence-electron chi connectivity index (χ1n) is 5.64. The first-order valence-corrected chi connectivity index (χ1v) is 5.64. The number of carbonyl (C=O) groups excluding carboxylic acids is 1. The molecule has 0 saturated carbocycles. The number of anilines is 1. The van der Waals surface area contributed by atoms with Gasteiger partial charge in [0.05, 0.1) is 22.7 Å². The van der Waals surface area contributed by atoms with Crippen LogP contribution in [0.15, 0.2) is 0 Å². The van der Waals surface area contributed by atoms with E-state index in [-0.39, 0.29) is 18.1 Å². The van der Waals surface area contributed by atoms with E-state index in [0.29, 0.717) is 0 Å². The Kier molecular flexibility index (Phi) is 3.93. The molecule has 0 radical (unpaired) electrons. The highest BCUT2D eigenvalue weighted by atomic mass is 16.5. The molecule has 0 aliphatic rings. The molecule has 0 atom stereocenters. The maximum atomic E-state index is 11.7. The summed E-state index contributed by atoms with van der Waals surface area (Å²) in [7, 11) is 1.85. The van der Waals surface area contributed by atoms with Crippen molar-refractivity contribution in [3.05, 3.63) is 11.4 Å². The van der Waals surface area contributed by atoms with Gasteiger partial charge in [0, 0.05) is 7.05 Å². The summed E-state index contributed by atoms with van der Waals surface area (Å²) in [5, 5.41) is 7.06. The van der Waals surface area contributed by atoms with Crippen LogP contribution in [0.2, 0.25) is 0 Å². The molecule has 1 amide bonds. The molecule has 17 heavy (non-hydrogen) atoms. The van der Waals surface area contributed by atoms with Crippen LogP contribution in [0, 0.1) is 13.8 Å². The van der Waals surface area contributed by atoms with Gasteiger partial charge in [0.2, 0.25) is 5.91 Å². The first-order chi connectivity index (χ1) is 7.70. The van der Waals surface area contributed by atoms with E-state index >= 15 is 0 Å². The van der Waals surface area contributed by atoms with Crippen molar-refractivity contribution in [1.29, 1.82) is 0 Å². The summed E-state index contributed by atoms with van der Waals surface area (Å²) in [6, 6.07) is 0. The molecule has 0 aromatic carbocycles. The van der Waals surface area contributed by atoms with E-state index in [2.05, 4.69) is 10.4 Å². The van der Waals surface area contributed by atoms with Gasteiger partial charge in [0.25, 0.3) is 0 Å². The van der Waals surface area contributed by atoms with Crippen molar-refractivity contribution < 1.29 is 9.53 Å². The smallest absolute Gasteiger partial charge is 0.250 e. The SMILES string of the molecule is Cc1nn(C)c(C)c1NC(=O)COC(C)(C)C. The van der Waals surface area contributed by atoms with Crippen LogP contribution in [0.25, 0.3) is 0 Å². The summed E-state index contributed by atoms with van der Waals surface area (Å²) in [4.78, 5) is 11.7. The molecule has 5 heteroatoms. The van der Waals surface area contributed by atoms with Crippen molar-refractivity contribution in [1.82, 2.24) is 9.78 Å². The predicted molar refractivity (Wildman–Crippen MR) is 67.0 cm³/mol. The lowest BCUT2D eigenvalue weighted by Gasteiger charge is -2.19. The van der Waals surface area contributed by atoms with Gasteiger partial charge in [-0.2, -0.15) is 5.10 Å². The van der Waals surface area contributed by atoms with Crippen molar-refractivity contribution in [2.75, 3.05) is 11.9 Å². The predicted octanol–water partition coefficient (Wildman–Crippen LogP) is 1.79. The third kappa shape index (κ3) is 3.85. The quantitative estimate of drug-likeness (QED) is 0.875. The molecule has 1 rings (SSSR count). The van der Waals surface area contributed by atoms with E-state index in [9.17, 15) is 4.79 Å². The highest BCUT2D eigenvalue weighted by Gasteiger charge is 2.15. The van der Waals surface area contributed by atoms with Crippen molar-refractivity contribution >= 4 is 11.6 Å². The molecule has 0 bridgehead atoms. The largest absolute Gasteiger partial charge is 0.366 e. The van der Waals surface area contributed by atoms with Gasteiger partial charge in [0.1, 0.15) is 6.61 Å². The number of hydrogen-bond donors (Lipinski definition) is 1. The summed E-state index contributed by atoms with van der Waals surface area (Å²) in [6.07, 6.45) is 0. The second kappa shape index (κ2) is 4.87. The minimum atomic E-state index is -0.309. The minimum absolute atomic E-state index is 0.0529. The van der Waals surface area contributed by atoms with Gasteiger partial charge in [-0.15, -0.1) is 0 Å². The van der Waals surface area contributed by atoms with E-state index < -0.39 is 0 Å². The highest BCUT2D eigenvalue weighted by Crippen LogP contribution is 2.18. The average Bonchev–Trinajstić information content (AvgIpc) is 2.41. The molecular weight excluding hydrogens is 218 g/mol. The second-order valence-electron chi connectivity index (χ2n) is 5.12. The van der Waals surface area contributed by atoms with E-state index in [1.807, 2.05) is 41.7 Å². The van der Waals surface area contributed by atoms with Gasteiger partial charge in [-0.1, -0.05) is 0 Å². The molecule has 1 aromatic heterocycles. The van der Waals surface area contributed by atoms with Gasteiger partial charge in [-0.25, -0.2) is 0 Å². The number of rotatable bonds is 3. The van der Waals surface area contributed by atoms with Crippen LogP contribution in [0.1, 0.15) is 32.2 Å². The first kappa shape index (κ1) is 13.7. The Bertz CT molecular complexity index is 416. The van der Waals surface area contributed by atoms with Gasteiger partial charge in [-0.3, -0.25) is 9.48 Å². The molecule has 96 valence electrons. The molecule has 0 fully saturated rings. The third-order valence-corrected chi connectivity index (χ3v) is 2.41. The molecule has 5 nitrogen and oxygen atoms in total. The lowest BCUT2D eigenvalue weighted by molar-refractivity contribution is -0.125. The Morgan fingerprint density at radius 1 is 1.41 bits per heavy atom. The highest BCUT2D eigenvalue weighted by molar-refractivity contribution is 5.92. The molecule has 0 saturated heterocycles. The maximum absolute atomic E-state index is 11.7. The number of amides is 1. The van der Waals surface area contributed by atoms with E-state index in [1.165, 1.54) is 0 Å². The Morgan fingerprint density at radius 3 is 2.41 bits per heavy atom. The molecule has 0 spiro atoms. The van der Waals surface area contributed by atoms with Crippen LogP contribution < -0.4 is 5.32 Å². The van der Waals surface area contributed by atoms with Crippen LogP contribution in [-0.4, -0.2) is 27.9 Å². The fraction of sp³-hybridized carbons (Fsp3) is 0.667. The van der Waals surface area contributed by atoms with Gasteiger partial charge in [-0.05, 0) is 34.6 Å². The fourth-order valence-electron chi connectivity index (χ4n) is 1.41. The third-order valence-electron chi connectivity index (χ3n) is 2.41. The Balaban J connectivity index is 2.63. The average molecular weight is 239 g/mol. The zero-order valence-corrected chi connectivity index (χ0v) is 11.4. The zero-order valence-electron chi connectivity index (χ0n) is 11.4. The van der Waals surface area contributed by atoms with Crippen LogP contribution in [0.5, 0.6) is 0 Å². The summed E-state index contributed by atoms with van der Waals surface area (Å²) < 4.78 is 7.16. The number of nitrogens with zero attached hydrogens (tertiary/aromatic N) is 2. The minimum Gasteiger partial charge on any atom is -0.366 e. The summed E-state index contributed by atoms with van der Waals surface area (Å²) in [5.74, 6) is -0.154. The van der Waals surface area contributed by atoms with Gasteiger partial charge in [0.15, 0.2) is 0 Å². The lowest BCUT2D eigenvalue weighted by atomic mass is 10.2. The van der Waals surface area contributed by atoms with Crippen molar-refractivity contribution in [3.8, 4) is 0 Å². The molecule has 1 aromatic rings. The van der Waals surface area contributed by atoms with Gasteiger partial charge >= 0.3 is 0 Å². The van der Waals surface area contributed by atoms with Crippen LogP contribution >= 0.6 is 0 Å². The van der Waals surface area contributed by atoms with Crippen molar-refractivity contribution in [3.63, 3.8) is 0 Å².